The van der Waals surface area contributed by atoms with E-state index in [0.717, 1.165) is 13.1 Å². The summed E-state index contributed by atoms with van der Waals surface area (Å²) in [6.45, 7) is 1.93. The Morgan fingerprint density at radius 3 is 3.30 bits per heavy atom. The van der Waals surface area contributed by atoms with Gasteiger partial charge in [0.05, 0.1) is 12.1 Å². The van der Waals surface area contributed by atoms with Gasteiger partial charge in [-0.1, -0.05) is 0 Å². The molecule has 1 amide bonds. The molecule has 2 rings (SSSR count). The molecule has 2 N–H and O–H groups in total. The molecule has 0 aromatic rings. The van der Waals surface area contributed by atoms with Crippen LogP contribution in [0.4, 0.5) is 0 Å². The average Bonchev–Trinajstić information content (AvgIpc) is 2.33. The molecule has 2 fully saturated rings. The fourth-order valence-corrected chi connectivity index (χ4v) is 1.41. The molecule has 2 atom stereocenters. The molecular formula is C6H10N2O2. The first-order valence-corrected chi connectivity index (χ1v) is 3.48. The van der Waals surface area contributed by atoms with Gasteiger partial charge in [-0.3, -0.25) is 4.79 Å². The predicted octanol–water partition coefficient (Wildman–Crippen LogP) is -1.53. The van der Waals surface area contributed by atoms with E-state index < -0.39 is 0 Å². The molecule has 10 heavy (non-hydrogen) atoms. The largest absolute Gasteiger partial charge is 0.365 e. The summed E-state index contributed by atoms with van der Waals surface area (Å²) in [5.74, 6) is 0.00458. The standard InChI is InChI=1S/C6H10N2O2/c9-6-3-10-5-2-7-1-4(5)8-6/h4-5,7H,1-3H2,(H,8,9)/t4-,5-/m0/s1. The first-order valence-electron chi connectivity index (χ1n) is 3.48. The highest BCUT2D eigenvalue weighted by Gasteiger charge is 2.32. The van der Waals surface area contributed by atoms with Gasteiger partial charge in [-0.2, -0.15) is 0 Å². The Bertz CT molecular complexity index is 160. The molecule has 0 spiro atoms. The molecule has 56 valence electrons. The zero-order valence-electron chi connectivity index (χ0n) is 5.59. The third kappa shape index (κ3) is 0.892. The van der Waals surface area contributed by atoms with Crippen LogP contribution in [0, 0.1) is 0 Å². The Labute approximate surface area is 58.9 Å². The lowest BCUT2D eigenvalue weighted by Crippen LogP contribution is -2.50. The summed E-state index contributed by atoms with van der Waals surface area (Å²) in [5, 5.41) is 6.00. The third-order valence-corrected chi connectivity index (χ3v) is 1.93. The van der Waals surface area contributed by atoms with E-state index in [1.165, 1.54) is 0 Å². The molecule has 0 aliphatic carbocycles. The highest BCUT2D eigenvalue weighted by atomic mass is 16.5. The van der Waals surface area contributed by atoms with Gasteiger partial charge >= 0.3 is 0 Å². The Kier molecular flexibility index (Phi) is 1.35. The number of ether oxygens (including phenoxy) is 1. The van der Waals surface area contributed by atoms with Crippen LogP contribution in [0.25, 0.3) is 0 Å². The van der Waals surface area contributed by atoms with E-state index in [9.17, 15) is 4.79 Å². The third-order valence-electron chi connectivity index (χ3n) is 1.93. The van der Waals surface area contributed by atoms with Crippen LogP contribution in [0.1, 0.15) is 0 Å². The van der Waals surface area contributed by atoms with Crippen LogP contribution in [-0.4, -0.2) is 37.7 Å². The molecule has 0 bridgehead atoms. The molecule has 0 saturated carbocycles. The second kappa shape index (κ2) is 2.21. The summed E-state index contributed by atoms with van der Waals surface area (Å²) in [4.78, 5) is 10.7. The first-order chi connectivity index (χ1) is 4.86. The number of rotatable bonds is 0. The highest BCUT2D eigenvalue weighted by Crippen LogP contribution is 2.08. The van der Waals surface area contributed by atoms with E-state index >= 15 is 0 Å². The van der Waals surface area contributed by atoms with Gasteiger partial charge in [0.2, 0.25) is 5.91 Å². The predicted molar refractivity (Wildman–Crippen MR) is 34.5 cm³/mol. The minimum Gasteiger partial charge on any atom is -0.365 e. The minimum absolute atomic E-state index is 0.00458. The van der Waals surface area contributed by atoms with E-state index in [-0.39, 0.29) is 24.7 Å². The Balaban J connectivity index is 2.03. The average molecular weight is 142 g/mol. The molecule has 0 unspecified atom stereocenters. The van der Waals surface area contributed by atoms with Gasteiger partial charge in [-0.25, -0.2) is 0 Å². The lowest BCUT2D eigenvalue weighted by Gasteiger charge is -2.25. The molecule has 2 saturated heterocycles. The quantitative estimate of drug-likeness (QED) is 0.431. The van der Waals surface area contributed by atoms with Gasteiger partial charge in [0.15, 0.2) is 0 Å². The molecule has 4 nitrogen and oxygen atoms in total. The number of hydrogen-bond donors (Lipinski definition) is 2. The highest BCUT2D eigenvalue weighted by molar-refractivity contribution is 5.78. The number of fused-ring (bicyclic) bond motifs is 1. The van der Waals surface area contributed by atoms with Gasteiger partial charge in [-0.15, -0.1) is 0 Å². The maximum absolute atomic E-state index is 10.7. The van der Waals surface area contributed by atoms with Crippen LogP contribution >= 0.6 is 0 Å². The van der Waals surface area contributed by atoms with E-state index in [1.807, 2.05) is 0 Å². The summed E-state index contributed by atoms with van der Waals surface area (Å²) in [5.41, 5.74) is 0. The lowest BCUT2D eigenvalue weighted by molar-refractivity contribution is -0.134. The Morgan fingerprint density at radius 1 is 1.50 bits per heavy atom. The van der Waals surface area contributed by atoms with E-state index in [1.54, 1.807) is 0 Å². The molecule has 0 radical (unpaired) electrons. The van der Waals surface area contributed by atoms with Crippen LogP contribution in [0.15, 0.2) is 0 Å². The molecule has 2 aliphatic heterocycles. The maximum Gasteiger partial charge on any atom is 0.246 e. The molecule has 2 aliphatic rings. The van der Waals surface area contributed by atoms with E-state index in [0.29, 0.717) is 0 Å². The lowest BCUT2D eigenvalue weighted by atomic mass is 10.2. The van der Waals surface area contributed by atoms with Crippen molar-refractivity contribution in [1.82, 2.24) is 10.6 Å². The normalized spacial score (nSPS) is 39.0. The van der Waals surface area contributed by atoms with Gasteiger partial charge in [0, 0.05) is 13.1 Å². The first kappa shape index (κ1) is 6.12. The molecular weight excluding hydrogens is 132 g/mol. The summed E-state index contributed by atoms with van der Waals surface area (Å²) in [7, 11) is 0. The monoisotopic (exact) mass is 142 g/mol. The number of morpholine rings is 1. The van der Waals surface area contributed by atoms with Crippen LogP contribution in [0.3, 0.4) is 0 Å². The number of carbonyl (C=O) groups is 1. The Hall–Kier alpha value is -0.610. The van der Waals surface area contributed by atoms with Crippen molar-refractivity contribution in [3.63, 3.8) is 0 Å². The van der Waals surface area contributed by atoms with Crippen molar-refractivity contribution >= 4 is 5.91 Å². The summed E-state index contributed by atoms with van der Waals surface area (Å²) in [6.07, 6.45) is 0.206. The summed E-state index contributed by atoms with van der Waals surface area (Å²) < 4.78 is 5.24. The van der Waals surface area contributed by atoms with Crippen molar-refractivity contribution in [2.45, 2.75) is 12.1 Å². The van der Waals surface area contributed by atoms with Gasteiger partial charge < -0.3 is 15.4 Å². The van der Waals surface area contributed by atoms with E-state index in [4.69, 9.17) is 4.74 Å². The van der Waals surface area contributed by atoms with Crippen LogP contribution < -0.4 is 10.6 Å². The van der Waals surface area contributed by atoms with Crippen molar-refractivity contribution in [2.75, 3.05) is 19.7 Å². The number of nitrogens with one attached hydrogen (secondary N) is 2. The zero-order chi connectivity index (χ0) is 6.97. The van der Waals surface area contributed by atoms with Gasteiger partial charge in [0.1, 0.15) is 6.61 Å². The summed E-state index contributed by atoms with van der Waals surface area (Å²) in [6, 6.07) is 0.209. The van der Waals surface area contributed by atoms with Gasteiger partial charge in [0.25, 0.3) is 0 Å². The van der Waals surface area contributed by atoms with Crippen LogP contribution in [0.5, 0.6) is 0 Å². The van der Waals surface area contributed by atoms with Crippen LogP contribution in [0.2, 0.25) is 0 Å². The smallest absolute Gasteiger partial charge is 0.246 e. The fraction of sp³-hybridized carbons (Fsp3) is 0.833. The SMILES string of the molecule is O=C1CO[C@H]2CNC[C@@H]2N1. The molecule has 4 heteroatoms. The number of amides is 1. The van der Waals surface area contributed by atoms with Gasteiger partial charge in [-0.05, 0) is 0 Å². The molecule has 2 heterocycles. The van der Waals surface area contributed by atoms with Crippen molar-refractivity contribution in [3.05, 3.63) is 0 Å². The van der Waals surface area contributed by atoms with E-state index in [2.05, 4.69) is 10.6 Å². The van der Waals surface area contributed by atoms with Crippen molar-refractivity contribution in [3.8, 4) is 0 Å². The minimum atomic E-state index is 0.00458. The number of carbonyl (C=O) groups excluding carboxylic acids is 1. The second-order valence-electron chi connectivity index (χ2n) is 2.68. The van der Waals surface area contributed by atoms with Crippen molar-refractivity contribution < 1.29 is 9.53 Å². The number of hydrogen-bond acceptors (Lipinski definition) is 3. The van der Waals surface area contributed by atoms with Crippen LogP contribution in [-0.2, 0) is 9.53 Å². The molecule has 0 aromatic heterocycles. The molecule has 0 aromatic carbocycles. The zero-order valence-corrected chi connectivity index (χ0v) is 5.59. The second-order valence-corrected chi connectivity index (χ2v) is 2.68. The van der Waals surface area contributed by atoms with Crippen molar-refractivity contribution in [1.29, 1.82) is 0 Å². The topological polar surface area (TPSA) is 50.4 Å². The maximum atomic E-state index is 10.7. The fourth-order valence-electron chi connectivity index (χ4n) is 1.41. The Morgan fingerprint density at radius 2 is 2.40 bits per heavy atom. The van der Waals surface area contributed by atoms with Crippen molar-refractivity contribution in [2.24, 2.45) is 0 Å². The summed E-state index contributed by atoms with van der Waals surface area (Å²) >= 11 is 0.